The van der Waals surface area contributed by atoms with Gasteiger partial charge in [0.05, 0.1) is 19.1 Å². The number of nitrogens with zero attached hydrogens (tertiary/aromatic N) is 1. The van der Waals surface area contributed by atoms with E-state index in [-0.39, 0.29) is 31.1 Å². The number of hydrogen-bond donors (Lipinski definition) is 0. The monoisotopic (exact) mass is 405 g/mol. The molecule has 1 saturated heterocycles. The van der Waals surface area contributed by atoms with Gasteiger partial charge in [-0.3, -0.25) is 14.4 Å². The highest BCUT2D eigenvalue weighted by molar-refractivity contribution is 5.97. The second kappa shape index (κ2) is 11.2. The summed E-state index contributed by atoms with van der Waals surface area (Å²) in [7, 11) is 0. The van der Waals surface area contributed by atoms with E-state index in [1.165, 1.54) is 24.4 Å². The third-order valence-corrected chi connectivity index (χ3v) is 4.66. The lowest BCUT2D eigenvalue weighted by Gasteiger charge is -2.37. The molecule has 0 aromatic rings. The van der Waals surface area contributed by atoms with Gasteiger partial charge in [0.25, 0.3) is 0 Å². The van der Waals surface area contributed by atoms with Crippen molar-refractivity contribution in [2.24, 2.45) is 11.8 Å². The van der Waals surface area contributed by atoms with Crippen LogP contribution in [-0.2, 0) is 28.6 Å². The summed E-state index contributed by atoms with van der Waals surface area (Å²) in [6.45, 7) is 3.61. The largest absolute Gasteiger partial charge is 0.465 e. The molecule has 1 aliphatic heterocycles. The number of amides is 2. The third-order valence-electron chi connectivity index (χ3n) is 4.66. The number of imide groups is 1. The molecule has 0 spiro atoms. The molecule has 1 saturated carbocycles. The van der Waals surface area contributed by atoms with Gasteiger partial charge in [-0.2, -0.15) is 0 Å². The fourth-order valence-electron chi connectivity index (χ4n) is 3.27. The Kier molecular flexibility index (Phi) is 8.64. The summed E-state index contributed by atoms with van der Waals surface area (Å²) in [4.78, 5) is 49.2. The van der Waals surface area contributed by atoms with Crippen LogP contribution < -0.4 is 0 Å². The molecule has 29 heavy (non-hydrogen) atoms. The summed E-state index contributed by atoms with van der Waals surface area (Å²) in [6.07, 6.45) is 11.3. The van der Waals surface area contributed by atoms with Gasteiger partial charge in [0, 0.05) is 6.20 Å². The van der Waals surface area contributed by atoms with E-state index in [1.807, 2.05) is 0 Å². The SMILES string of the molecule is CCOC(=O)C(/C=C/C=C/C=C/N1C(=O)OC2CCCCC2C1=O)C(=O)OCC. The van der Waals surface area contributed by atoms with Crippen LogP contribution in [0.5, 0.6) is 0 Å². The molecule has 1 aliphatic carbocycles. The van der Waals surface area contributed by atoms with E-state index in [0.29, 0.717) is 0 Å². The topological polar surface area (TPSA) is 99.2 Å². The number of esters is 2. The maximum absolute atomic E-state index is 12.5. The van der Waals surface area contributed by atoms with E-state index in [1.54, 1.807) is 26.0 Å². The van der Waals surface area contributed by atoms with Crippen LogP contribution in [0.4, 0.5) is 4.79 Å². The maximum atomic E-state index is 12.5. The van der Waals surface area contributed by atoms with Crippen molar-refractivity contribution in [2.75, 3.05) is 13.2 Å². The van der Waals surface area contributed by atoms with E-state index in [2.05, 4.69) is 0 Å². The molecule has 8 nitrogen and oxygen atoms in total. The van der Waals surface area contributed by atoms with Gasteiger partial charge in [0.15, 0.2) is 5.92 Å². The van der Waals surface area contributed by atoms with Crippen molar-refractivity contribution in [3.8, 4) is 0 Å². The summed E-state index contributed by atoms with van der Waals surface area (Å²) in [6, 6.07) is 0. The quantitative estimate of drug-likeness (QED) is 0.265. The van der Waals surface area contributed by atoms with Crippen molar-refractivity contribution in [3.63, 3.8) is 0 Å². The molecule has 0 bridgehead atoms. The molecule has 0 aromatic carbocycles. The van der Waals surface area contributed by atoms with Gasteiger partial charge in [-0.25, -0.2) is 9.69 Å². The number of rotatable bonds is 8. The molecule has 0 aromatic heterocycles. The van der Waals surface area contributed by atoms with Crippen LogP contribution in [0.3, 0.4) is 0 Å². The molecular weight excluding hydrogens is 378 g/mol. The summed E-state index contributed by atoms with van der Waals surface area (Å²) in [5, 5.41) is 0. The Balaban J connectivity index is 1.95. The van der Waals surface area contributed by atoms with Crippen molar-refractivity contribution in [1.82, 2.24) is 4.90 Å². The summed E-state index contributed by atoms with van der Waals surface area (Å²) < 4.78 is 15.1. The minimum atomic E-state index is -1.15. The first-order chi connectivity index (χ1) is 14.0. The van der Waals surface area contributed by atoms with Gasteiger partial charge in [-0.1, -0.05) is 30.7 Å². The zero-order valence-corrected chi connectivity index (χ0v) is 16.7. The third kappa shape index (κ3) is 6.04. The van der Waals surface area contributed by atoms with Gasteiger partial charge >= 0.3 is 18.0 Å². The first-order valence-corrected chi connectivity index (χ1v) is 9.88. The number of ether oxygens (including phenoxy) is 3. The highest BCUT2D eigenvalue weighted by atomic mass is 16.6. The highest BCUT2D eigenvalue weighted by Crippen LogP contribution is 2.32. The average Bonchev–Trinajstić information content (AvgIpc) is 2.69. The number of carbonyl (C=O) groups is 4. The van der Waals surface area contributed by atoms with Gasteiger partial charge in [0.1, 0.15) is 6.10 Å². The molecule has 2 rings (SSSR count). The smallest absolute Gasteiger partial charge is 0.421 e. The van der Waals surface area contributed by atoms with Crippen molar-refractivity contribution in [1.29, 1.82) is 0 Å². The van der Waals surface area contributed by atoms with Crippen LogP contribution in [0.1, 0.15) is 39.5 Å². The van der Waals surface area contributed by atoms with Crippen LogP contribution >= 0.6 is 0 Å². The number of fused-ring (bicyclic) bond motifs is 1. The van der Waals surface area contributed by atoms with Crippen molar-refractivity contribution < 1.29 is 33.4 Å². The Bertz CT molecular complexity index is 692. The predicted octanol–water partition coefficient (Wildman–Crippen LogP) is 2.89. The van der Waals surface area contributed by atoms with Crippen molar-refractivity contribution in [3.05, 3.63) is 36.6 Å². The molecule has 8 heteroatoms. The molecule has 2 amide bonds. The van der Waals surface area contributed by atoms with E-state index in [0.717, 1.165) is 30.6 Å². The molecule has 2 atom stereocenters. The molecule has 158 valence electrons. The Hall–Kier alpha value is -2.90. The molecule has 1 heterocycles. The molecule has 2 fully saturated rings. The second-order valence-corrected chi connectivity index (χ2v) is 6.61. The fraction of sp³-hybridized carbons (Fsp3) is 0.524. The predicted molar refractivity (Wildman–Crippen MR) is 103 cm³/mol. The summed E-state index contributed by atoms with van der Waals surface area (Å²) in [5.74, 6) is -3.03. The minimum absolute atomic E-state index is 0.156. The normalized spacial score (nSPS) is 22.4. The van der Waals surface area contributed by atoms with Crippen molar-refractivity contribution >= 4 is 23.9 Å². The van der Waals surface area contributed by atoms with Crippen molar-refractivity contribution in [2.45, 2.75) is 45.6 Å². The van der Waals surface area contributed by atoms with Crippen LogP contribution in [0.15, 0.2) is 36.6 Å². The lowest BCUT2D eigenvalue weighted by molar-refractivity contribution is -0.159. The van der Waals surface area contributed by atoms with Gasteiger partial charge in [0.2, 0.25) is 5.91 Å². The minimum Gasteiger partial charge on any atom is -0.465 e. The maximum Gasteiger partial charge on any atom is 0.421 e. The van der Waals surface area contributed by atoms with Gasteiger partial charge in [-0.15, -0.1) is 0 Å². The Morgan fingerprint density at radius 2 is 1.66 bits per heavy atom. The van der Waals surface area contributed by atoms with E-state index < -0.39 is 23.9 Å². The van der Waals surface area contributed by atoms with Crippen LogP contribution in [0, 0.1) is 11.8 Å². The fourth-order valence-corrected chi connectivity index (χ4v) is 3.27. The van der Waals surface area contributed by atoms with Gasteiger partial charge < -0.3 is 14.2 Å². The zero-order chi connectivity index (χ0) is 21.2. The second-order valence-electron chi connectivity index (χ2n) is 6.61. The number of allylic oxidation sites excluding steroid dienone is 4. The van der Waals surface area contributed by atoms with Gasteiger partial charge in [-0.05, 0) is 39.2 Å². The molecule has 2 unspecified atom stereocenters. The lowest BCUT2D eigenvalue weighted by Crippen LogP contribution is -2.50. The summed E-state index contributed by atoms with van der Waals surface area (Å²) in [5.41, 5.74) is 0. The average molecular weight is 405 g/mol. The summed E-state index contributed by atoms with van der Waals surface area (Å²) >= 11 is 0. The number of hydrogen-bond acceptors (Lipinski definition) is 7. The molecular formula is C21H27NO7. The van der Waals surface area contributed by atoms with Crippen LogP contribution in [-0.4, -0.2) is 48.2 Å². The standard InChI is InChI=1S/C21H27NO7/c1-3-27-19(24)16(20(25)28-4-2)12-7-5-6-10-14-22-18(23)15-11-8-9-13-17(15)29-21(22)26/h5-7,10,12,14-17H,3-4,8-9,11,13H2,1-2H3/b6-5+,12-7+,14-10+. The Labute approximate surface area is 170 Å². The van der Waals surface area contributed by atoms with Crippen LogP contribution in [0.25, 0.3) is 0 Å². The molecule has 0 N–H and O–H groups in total. The molecule has 2 aliphatic rings. The van der Waals surface area contributed by atoms with E-state index in [4.69, 9.17) is 14.2 Å². The first kappa shape index (κ1) is 22.4. The van der Waals surface area contributed by atoms with E-state index in [9.17, 15) is 19.2 Å². The lowest BCUT2D eigenvalue weighted by atomic mass is 9.84. The Morgan fingerprint density at radius 1 is 1.03 bits per heavy atom. The Morgan fingerprint density at radius 3 is 2.31 bits per heavy atom. The number of carbonyl (C=O) groups excluding carboxylic acids is 4. The zero-order valence-electron chi connectivity index (χ0n) is 16.7. The first-order valence-electron chi connectivity index (χ1n) is 9.88. The highest BCUT2D eigenvalue weighted by Gasteiger charge is 2.43. The van der Waals surface area contributed by atoms with Crippen LogP contribution in [0.2, 0.25) is 0 Å². The van der Waals surface area contributed by atoms with E-state index >= 15 is 0 Å². The molecule has 0 radical (unpaired) electrons.